The lowest BCUT2D eigenvalue weighted by atomic mass is 10.0. The van der Waals surface area contributed by atoms with Crippen LogP contribution in [0.1, 0.15) is 37.6 Å². The molecule has 1 fully saturated rings. The second kappa shape index (κ2) is 6.50. The van der Waals surface area contributed by atoms with Gasteiger partial charge in [0.1, 0.15) is 6.61 Å². The average Bonchev–Trinajstić information content (AvgIpc) is 3.28. The van der Waals surface area contributed by atoms with Crippen LogP contribution in [-0.4, -0.2) is 40.4 Å². The van der Waals surface area contributed by atoms with Crippen LogP contribution in [0, 0.1) is 0 Å². The number of nitrogens with zero attached hydrogens (tertiary/aromatic N) is 4. The molecule has 2 aliphatic heterocycles. The third-order valence-electron chi connectivity index (χ3n) is 4.43. The van der Waals surface area contributed by atoms with Crippen molar-refractivity contribution in [3.05, 3.63) is 36.2 Å². The number of piperidine rings is 1. The average molecular weight is 312 g/mol. The van der Waals surface area contributed by atoms with Crippen LogP contribution in [0.2, 0.25) is 0 Å². The smallest absolute Gasteiger partial charge is 0.244 e. The molecule has 1 saturated heterocycles. The normalized spacial score (nSPS) is 21.9. The first-order chi connectivity index (χ1) is 11.4. The molecular weight excluding hydrogens is 292 g/mol. The molecule has 0 spiro atoms. The lowest BCUT2D eigenvalue weighted by Gasteiger charge is -2.32. The molecule has 6 nitrogen and oxygen atoms in total. The van der Waals surface area contributed by atoms with Gasteiger partial charge in [-0.05, 0) is 19.4 Å². The maximum absolute atomic E-state index is 5.58. The van der Waals surface area contributed by atoms with Gasteiger partial charge in [-0.2, -0.15) is 4.98 Å². The Morgan fingerprint density at radius 2 is 2.09 bits per heavy atom. The molecule has 0 aliphatic carbocycles. The van der Waals surface area contributed by atoms with Gasteiger partial charge in [0.2, 0.25) is 11.7 Å². The summed E-state index contributed by atoms with van der Waals surface area (Å²) in [4.78, 5) is 12.1. The molecule has 4 rings (SSSR count). The first-order valence-corrected chi connectivity index (χ1v) is 8.21. The van der Waals surface area contributed by atoms with E-state index in [1.54, 1.807) is 0 Å². The van der Waals surface area contributed by atoms with Gasteiger partial charge >= 0.3 is 0 Å². The van der Waals surface area contributed by atoms with Crippen LogP contribution < -0.4 is 0 Å². The summed E-state index contributed by atoms with van der Waals surface area (Å²) < 4.78 is 5.58. The first-order valence-electron chi connectivity index (χ1n) is 8.21. The standard InChI is InChI=1S/C17H20N4O2/c1-2-6-13(7-3-1)16-18-17(23-20-16)15-8-4-5-10-21(15)12-14-9-11-22-19-14/h1-3,6-7,15H,4-5,8-12H2. The number of benzene rings is 1. The summed E-state index contributed by atoms with van der Waals surface area (Å²) in [5.74, 6) is 1.37. The predicted molar refractivity (Wildman–Crippen MR) is 85.9 cm³/mol. The molecule has 0 saturated carbocycles. The van der Waals surface area contributed by atoms with Crippen molar-refractivity contribution in [3.63, 3.8) is 0 Å². The van der Waals surface area contributed by atoms with E-state index in [0.29, 0.717) is 18.3 Å². The van der Waals surface area contributed by atoms with Crippen LogP contribution in [0.5, 0.6) is 0 Å². The van der Waals surface area contributed by atoms with Gasteiger partial charge in [-0.25, -0.2) is 0 Å². The van der Waals surface area contributed by atoms with Gasteiger partial charge in [0, 0.05) is 18.5 Å². The van der Waals surface area contributed by atoms with Crippen molar-refractivity contribution in [2.24, 2.45) is 5.16 Å². The van der Waals surface area contributed by atoms with Crippen molar-refractivity contribution in [1.82, 2.24) is 15.0 Å². The van der Waals surface area contributed by atoms with Gasteiger partial charge in [-0.3, -0.25) is 4.90 Å². The maximum Gasteiger partial charge on any atom is 0.244 e. The summed E-state index contributed by atoms with van der Waals surface area (Å²) >= 11 is 0. The van der Waals surface area contributed by atoms with Gasteiger partial charge in [-0.15, -0.1) is 0 Å². The zero-order valence-corrected chi connectivity index (χ0v) is 13.0. The molecule has 23 heavy (non-hydrogen) atoms. The minimum atomic E-state index is 0.178. The van der Waals surface area contributed by atoms with E-state index in [9.17, 15) is 0 Å². The largest absolute Gasteiger partial charge is 0.395 e. The molecule has 0 bridgehead atoms. The van der Waals surface area contributed by atoms with Crippen LogP contribution >= 0.6 is 0 Å². The molecule has 0 radical (unpaired) electrons. The van der Waals surface area contributed by atoms with E-state index in [1.807, 2.05) is 30.3 Å². The van der Waals surface area contributed by atoms with Crippen LogP contribution in [-0.2, 0) is 4.84 Å². The quantitative estimate of drug-likeness (QED) is 0.868. The molecule has 2 aromatic rings. The second-order valence-corrected chi connectivity index (χ2v) is 6.05. The number of oxime groups is 1. The van der Waals surface area contributed by atoms with Crippen molar-refractivity contribution in [2.75, 3.05) is 19.7 Å². The Morgan fingerprint density at radius 1 is 1.17 bits per heavy atom. The summed E-state index contributed by atoms with van der Waals surface area (Å²) in [5.41, 5.74) is 2.10. The fourth-order valence-electron chi connectivity index (χ4n) is 3.22. The van der Waals surface area contributed by atoms with Crippen molar-refractivity contribution < 1.29 is 9.36 Å². The Kier molecular flexibility index (Phi) is 4.06. The van der Waals surface area contributed by atoms with E-state index in [2.05, 4.69) is 20.2 Å². The van der Waals surface area contributed by atoms with E-state index in [4.69, 9.17) is 9.36 Å². The van der Waals surface area contributed by atoms with Gasteiger partial charge in [0.05, 0.1) is 11.8 Å². The molecule has 1 atom stereocenters. The van der Waals surface area contributed by atoms with Crippen molar-refractivity contribution >= 4 is 5.71 Å². The van der Waals surface area contributed by atoms with E-state index in [1.165, 1.54) is 12.8 Å². The lowest BCUT2D eigenvalue weighted by Crippen LogP contribution is -2.37. The Balaban J connectivity index is 1.54. The van der Waals surface area contributed by atoms with Crippen molar-refractivity contribution in [1.29, 1.82) is 0 Å². The third kappa shape index (κ3) is 3.12. The van der Waals surface area contributed by atoms with Crippen LogP contribution in [0.3, 0.4) is 0 Å². The van der Waals surface area contributed by atoms with Gasteiger partial charge < -0.3 is 9.36 Å². The van der Waals surface area contributed by atoms with Crippen molar-refractivity contribution in [3.8, 4) is 11.4 Å². The zero-order chi connectivity index (χ0) is 15.5. The highest BCUT2D eigenvalue weighted by Gasteiger charge is 2.30. The fraction of sp³-hybridized carbons (Fsp3) is 0.471. The van der Waals surface area contributed by atoms with Crippen LogP contribution in [0.25, 0.3) is 11.4 Å². The molecule has 0 N–H and O–H groups in total. The van der Waals surface area contributed by atoms with E-state index < -0.39 is 0 Å². The lowest BCUT2D eigenvalue weighted by molar-refractivity contribution is 0.136. The van der Waals surface area contributed by atoms with E-state index >= 15 is 0 Å². The third-order valence-corrected chi connectivity index (χ3v) is 4.43. The van der Waals surface area contributed by atoms with Gasteiger partial charge in [-0.1, -0.05) is 47.1 Å². The fourth-order valence-corrected chi connectivity index (χ4v) is 3.22. The maximum atomic E-state index is 5.58. The highest BCUT2D eigenvalue weighted by atomic mass is 16.6. The number of rotatable bonds is 4. The summed E-state index contributed by atoms with van der Waals surface area (Å²) in [5, 5.41) is 8.28. The summed E-state index contributed by atoms with van der Waals surface area (Å²) in [6.07, 6.45) is 4.35. The number of likely N-dealkylation sites (tertiary alicyclic amines) is 1. The van der Waals surface area contributed by atoms with Gasteiger partial charge in [0.25, 0.3) is 0 Å². The Morgan fingerprint density at radius 3 is 2.91 bits per heavy atom. The first kappa shape index (κ1) is 14.4. The molecule has 1 aromatic heterocycles. The Bertz CT molecular complexity index is 683. The summed E-state index contributed by atoms with van der Waals surface area (Å²) in [6.45, 7) is 2.56. The van der Waals surface area contributed by atoms with Crippen LogP contribution in [0.4, 0.5) is 0 Å². The number of hydrogen-bond donors (Lipinski definition) is 0. The Labute approximate surface area is 135 Å². The molecule has 1 unspecified atom stereocenters. The minimum absolute atomic E-state index is 0.178. The number of hydrogen-bond acceptors (Lipinski definition) is 6. The SMILES string of the molecule is c1ccc(-c2noc(C3CCCCN3CC3=NOCC3)n2)cc1. The predicted octanol–water partition coefficient (Wildman–Crippen LogP) is 3.04. The topological polar surface area (TPSA) is 63.8 Å². The zero-order valence-electron chi connectivity index (χ0n) is 13.0. The summed E-state index contributed by atoms with van der Waals surface area (Å²) in [6, 6.07) is 10.1. The van der Waals surface area contributed by atoms with E-state index in [-0.39, 0.29) is 6.04 Å². The highest BCUT2D eigenvalue weighted by Crippen LogP contribution is 2.31. The molecule has 0 amide bonds. The molecule has 2 aliphatic rings. The number of aromatic nitrogens is 2. The summed E-state index contributed by atoms with van der Waals surface area (Å²) in [7, 11) is 0. The monoisotopic (exact) mass is 312 g/mol. The molecule has 6 heteroatoms. The minimum Gasteiger partial charge on any atom is -0.395 e. The molecule has 3 heterocycles. The van der Waals surface area contributed by atoms with Gasteiger partial charge in [0.15, 0.2) is 0 Å². The second-order valence-electron chi connectivity index (χ2n) is 6.05. The molecule has 1 aromatic carbocycles. The molecular formula is C17H20N4O2. The highest BCUT2D eigenvalue weighted by molar-refractivity contribution is 5.86. The Hall–Kier alpha value is -2.21. The van der Waals surface area contributed by atoms with Crippen LogP contribution in [0.15, 0.2) is 40.0 Å². The van der Waals surface area contributed by atoms with Crippen molar-refractivity contribution in [2.45, 2.75) is 31.7 Å². The van der Waals surface area contributed by atoms with E-state index in [0.717, 1.165) is 37.2 Å². The molecule has 120 valence electrons.